The molecule has 0 amide bonds. The summed E-state index contributed by atoms with van der Waals surface area (Å²) in [5, 5.41) is 10.8. The van der Waals surface area contributed by atoms with Crippen molar-refractivity contribution >= 4 is 5.97 Å². The predicted molar refractivity (Wildman–Crippen MR) is 95.3 cm³/mol. The van der Waals surface area contributed by atoms with E-state index in [9.17, 15) is 9.90 Å². The molecule has 0 unspecified atom stereocenters. The molecule has 1 aromatic rings. The Hall–Kier alpha value is -1.85. The molecule has 5 heteroatoms. The van der Waals surface area contributed by atoms with Crippen LogP contribution in [0.4, 0.5) is 0 Å². The largest absolute Gasteiger partial charge is 0.497 e. The Morgan fingerprint density at radius 3 is 2.44 bits per heavy atom. The van der Waals surface area contributed by atoms with Gasteiger partial charge in [0, 0.05) is 12.3 Å². The van der Waals surface area contributed by atoms with E-state index in [2.05, 4.69) is 0 Å². The number of carbonyl (C=O) groups is 1. The van der Waals surface area contributed by atoms with Crippen LogP contribution < -0.4 is 4.74 Å². The topological polar surface area (TPSA) is 65.0 Å². The standard InChI is InChI=1S/C20H28O5/c1-15(21)25-14-20(22)10-9-17(11-19(20,2)3)13-24-12-16-5-7-18(23-4)8-6-16/h5-8,11,22H,9-10,12-14H2,1-4H3/t20-/m1/s1. The van der Waals surface area contributed by atoms with E-state index in [-0.39, 0.29) is 12.6 Å². The van der Waals surface area contributed by atoms with Crippen LogP contribution in [0.5, 0.6) is 5.75 Å². The van der Waals surface area contributed by atoms with Crippen molar-refractivity contribution in [3.8, 4) is 5.75 Å². The van der Waals surface area contributed by atoms with Crippen LogP contribution in [-0.4, -0.2) is 37.0 Å². The lowest BCUT2D eigenvalue weighted by molar-refractivity contribution is -0.157. The van der Waals surface area contributed by atoms with Gasteiger partial charge in [0.25, 0.3) is 0 Å². The summed E-state index contributed by atoms with van der Waals surface area (Å²) in [6, 6.07) is 7.79. The zero-order valence-corrected chi connectivity index (χ0v) is 15.5. The van der Waals surface area contributed by atoms with Crippen molar-refractivity contribution in [1.82, 2.24) is 0 Å². The van der Waals surface area contributed by atoms with E-state index >= 15 is 0 Å². The molecule has 1 aliphatic carbocycles. The second kappa shape index (κ2) is 8.02. The van der Waals surface area contributed by atoms with Crippen LogP contribution in [0.1, 0.15) is 39.2 Å². The molecule has 0 aromatic heterocycles. The van der Waals surface area contributed by atoms with Gasteiger partial charge < -0.3 is 19.3 Å². The monoisotopic (exact) mass is 348 g/mol. The highest BCUT2D eigenvalue weighted by Crippen LogP contribution is 2.42. The maximum Gasteiger partial charge on any atom is 0.302 e. The van der Waals surface area contributed by atoms with Crippen LogP contribution in [0.2, 0.25) is 0 Å². The van der Waals surface area contributed by atoms with Gasteiger partial charge in [0.2, 0.25) is 0 Å². The Kier molecular flexibility index (Phi) is 6.25. The van der Waals surface area contributed by atoms with Crippen LogP contribution in [-0.2, 0) is 20.9 Å². The van der Waals surface area contributed by atoms with Gasteiger partial charge in [0.1, 0.15) is 18.0 Å². The summed E-state index contributed by atoms with van der Waals surface area (Å²) < 4.78 is 16.0. The van der Waals surface area contributed by atoms with E-state index < -0.39 is 11.0 Å². The highest BCUT2D eigenvalue weighted by atomic mass is 16.5. The average Bonchev–Trinajstić information content (AvgIpc) is 2.57. The Balaban J connectivity index is 1.90. The van der Waals surface area contributed by atoms with Gasteiger partial charge in [-0.2, -0.15) is 0 Å². The maximum absolute atomic E-state index is 11.0. The minimum atomic E-state index is -1.04. The number of esters is 1. The van der Waals surface area contributed by atoms with Gasteiger partial charge in [-0.05, 0) is 36.1 Å². The van der Waals surface area contributed by atoms with Gasteiger partial charge in [-0.3, -0.25) is 4.79 Å². The van der Waals surface area contributed by atoms with Gasteiger partial charge in [0.15, 0.2) is 0 Å². The third-order valence-electron chi connectivity index (χ3n) is 4.85. The second-order valence-corrected chi connectivity index (χ2v) is 7.18. The molecule has 1 aliphatic rings. The molecule has 0 saturated heterocycles. The lowest BCUT2D eigenvalue weighted by Crippen LogP contribution is -2.50. The minimum Gasteiger partial charge on any atom is -0.497 e. The highest BCUT2D eigenvalue weighted by molar-refractivity contribution is 5.66. The molecule has 1 atom stereocenters. The molecule has 0 saturated carbocycles. The van der Waals surface area contributed by atoms with E-state index in [0.29, 0.717) is 19.6 Å². The van der Waals surface area contributed by atoms with Crippen LogP contribution in [0.15, 0.2) is 35.9 Å². The fourth-order valence-corrected chi connectivity index (χ4v) is 3.02. The molecule has 0 aliphatic heterocycles. The second-order valence-electron chi connectivity index (χ2n) is 7.18. The average molecular weight is 348 g/mol. The molecule has 1 aromatic carbocycles. The molecule has 0 fully saturated rings. The van der Waals surface area contributed by atoms with E-state index in [0.717, 1.165) is 23.3 Å². The number of methoxy groups -OCH3 is 1. The third-order valence-corrected chi connectivity index (χ3v) is 4.85. The molecule has 0 bridgehead atoms. The molecular formula is C20H28O5. The van der Waals surface area contributed by atoms with Gasteiger partial charge in [0.05, 0.1) is 20.3 Å². The normalized spacial score (nSPS) is 22.2. The van der Waals surface area contributed by atoms with E-state index in [4.69, 9.17) is 14.2 Å². The Morgan fingerprint density at radius 1 is 1.20 bits per heavy atom. The lowest BCUT2D eigenvalue weighted by atomic mass is 9.67. The summed E-state index contributed by atoms with van der Waals surface area (Å²) in [6.45, 7) is 6.34. The molecule has 2 rings (SSSR count). The maximum atomic E-state index is 11.0. The molecular weight excluding hydrogens is 320 g/mol. The number of benzene rings is 1. The van der Waals surface area contributed by atoms with Crippen LogP contribution >= 0.6 is 0 Å². The summed E-state index contributed by atoms with van der Waals surface area (Å²) in [5.41, 5.74) is 0.714. The van der Waals surface area contributed by atoms with E-state index in [1.54, 1.807) is 7.11 Å². The number of aliphatic hydroxyl groups is 1. The van der Waals surface area contributed by atoms with Crippen LogP contribution in [0, 0.1) is 5.41 Å². The summed E-state index contributed by atoms with van der Waals surface area (Å²) in [5.74, 6) is 0.453. The quantitative estimate of drug-likeness (QED) is 0.605. The fraction of sp³-hybridized carbons (Fsp3) is 0.550. The van der Waals surface area contributed by atoms with Crippen LogP contribution in [0.3, 0.4) is 0 Å². The van der Waals surface area contributed by atoms with Gasteiger partial charge in [-0.15, -0.1) is 0 Å². The Labute approximate surface area is 149 Å². The molecule has 0 radical (unpaired) electrons. The minimum absolute atomic E-state index is 0.0197. The molecule has 0 heterocycles. The van der Waals surface area contributed by atoms with E-state index in [1.165, 1.54) is 6.92 Å². The third kappa shape index (κ3) is 5.06. The number of rotatable bonds is 7. The summed E-state index contributed by atoms with van der Waals surface area (Å²) in [4.78, 5) is 11.0. The zero-order chi connectivity index (χ0) is 18.5. The first-order chi connectivity index (χ1) is 11.8. The van der Waals surface area contributed by atoms with Crippen molar-refractivity contribution < 1.29 is 24.1 Å². The van der Waals surface area contributed by atoms with Gasteiger partial charge in [-0.25, -0.2) is 0 Å². The van der Waals surface area contributed by atoms with Crippen molar-refractivity contribution in [3.63, 3.8) is 0 Å². The SMILES string of the molecule is COc1ccc(COCC2=CC(C)(C)[C@](O)(COC(C)=O)CC2)cc1. The predicted octanol–water partition coefficient (Wildman–Crippen LogP) is 3.25. The van der Waals surface area contributed by atoms with Crippen molar-refractivity contribution in [1.29, 1.82) is 0 Å². The number of ether oxygens (including phenoxy) is 3. The first kappa shape index (κ1) is 19.5. The molecule has 138 valence electrons. The fourth-order valence-electron chi connectivity index (χ4n) is 3.02. The lowest BCUT2D eigenvalue weighted by Gasteiger charge is -2.44. The molecule has 1 N–H and O–H groups in total. The summed E-state index contributed by atoms with van der Waals surface area (Å²) in [6.07, 6.45) is 3.32. The van der Waals surface area contributed by atoms with Crippen LogP contribution in [0.25, 0.3) is 0 Å². The Morgan fingerprint density at radius 2 is 1.88 bits per heavy atom. The van der Waals surface area contributed by atoms with Crippen molar-refractivity contribution in [3.05, 3.63) is 41.5 Å². The Bertz CT molecular complexity index is 617. The van der Waals surface area contributed by atoms with Crippen molar-refractivity contribution in [2.45, 2.75) is 45.8 Å². The first-order valence-electron chi connectivity index (χ1n) is 8.53. The number of hydrogen-bond acceptors (Lipinski definition) is 5. The zero-order valence-electron chi connectivity index (χ0n) is 15.5. The van der Waals surface area contributed by atoms with Gasteiger partial charge in [-0.1, -0.05) is 32.1 Å². The number of hydrogen-bond donors (Lipinski definition) is 1. The van der Waals surface area contributed by atoms with E-state index in [1.807, 2.05) is 44.2 Å². The van der Waals surface area contributed by atoms with Crippen molar-refractivity contribution in [2.24, 2.45) is 5.41 Å². The molecule has 0 spiro atoms. The smallest absolute Gasteiger partial charge is 0.302 e. The number of carbonyl (C=O) groups excluding carboxylic acids is 1. The summed E-state index contributed by atoms with van der Waals surface area (Å²) in [7, 11) is 1.64. The highest BCUT2D eigenvalue weighted by Gasteiger charge is 2.45. The summed E-state index contributed by atoms with van der Waals surface area (Å²) >= 11 is 0. The van der Waals surface area contributed by atoms with Gasteiger partial charge >= 0.3 is 5.97 Å². The molecule has 25 heavy (non-hydrogen) atoms. The molecule has 5 nitrogen and oxygen atoms in total. The van der Waals surface area contributed by atoms with Crippen molar-refractivity contribution in [2.75, 3.05) is 20.3 Å². The first-order valence-corrected chi connectivity index (χ1v) is 8.53.